The van der Waals surface area contributed by atoms with Crippen molar-refractivity contribution in [3.05, 3.63) is 33.1 Å². The minimum Gasteiger partial charge on any atom is -0.355 e. The van der Waals surface area contributed by atoms with Crippen molar-refractivity contribution >= 4 is 5.91 Å². The lowest BCUT2D eigenvalue weighted by Crippen LogP contribution is -2.42. The largest absolute Gasteiger partial charge is 0.355 e. The van der Waals surface area contributed by atoms with Crippen molar-refractivity contribution in [2.24, 2.45) is 5.73 Å². The van der Waals surface area contributed by atoms with E-state index in [9.17, 15) is 14.4 Å². The van der Waals surface area contributed by atoms with Crippen molar-refractivity contribution in [1.82, 2.24) is 14.5 Å². The third-order valence-electron chi connectivity index (χ3n) is 2.18. The summed E-state index contributed by atoms with van der Waals surface area (Å²) in [5, 5.41) is 2.58. The SMILES string of the molecule is CCNC(=O)Cn1ccc(=O)n(CCN)c1=O. The number of carbonyl (C=O) groups excluding carboxylic acids is 1. The van der Waals surface area contributed by atoms with Gasteiger partial charge in [0.25, 0.3) is 5.56 Å². The molecule has 0 saturated heterocycles. The fraction of sp³-hybridized carbons (Fsp3) is 0.500. The van der Waals surface area contributed by atoms with E-state index in [0.29, 0.717) is 6.54 Å². The molecule has 0 spiro atoms. The molecule has 1 rings (SSSR count). The van der Waals surface area contributed by atoms with E-state index in [1.807, 2.05) is 0 Å². The summed E-state index contributed by atoms with van der Waals surface area (Å²) in [5.41, 5.74) is 4.38. The van der Waals surface area contributed by atoms with Crippen LogP contribution < -0.4 is 22.3 Å². The molecule has 3 N–H and O–H groups in total. The first-order valence-corrected chi connectivity index (χ1v) is 5.37. The normalized spacial score (nSPS) is 10.2. The summed E-state index contributed by atoms with van der Waals surface area (Å²) in [7, 11) is 0. The van der Waals surface area contributed by atoms with Gasteiger partial charge >= 0.3 is 5.69 Å². The van der Waals surface area contributed by atoms with E-state index in [4.69, 9.17) is 5.73 Å². The van der Waals surface area contributed by atoms with E-state index in [1.54, 1.807) is 6.92 Å². The summed E-state index contributed by atoms with van der Waals surface area (Å²) in [6.07, 6.45) is 1.31. The standard InChI is InChI=1S/C10H16N4O3/c1-2-12-8(15)7-13-5-3-9(16)14(6-4-11)10(13)17/h3,5H,2,4,6-7,11H2,1H3,(H,12,15). The van der Waals surface area contributed by atoms with E-state index in [2.05, 4.69) is 5.32 Å². The van der Waals surface area contributed by atoms with Gasteiger partial charge in [0.2, 0.25) is 5.91 Å². The maximum atomic E-state index is 11.8. The van der Waals surface area contributed by atoms with Crippen molar-refractivity contribution < 1.29 is 4.79 Å². The summed E-state index contributed by atoms with van der Waals surface area (Å²) in [6, 6.07) is 1.25. The Kier molecular flexibility index (Phi) is 4.65. The summed E-state index contributed by atoms with van der Waals surface area (Å²) in [4.78, 5) is 34.5. The predicted molar refractivity (Wildman–Crippen MR) is 62.7 cm³/mol. The van der Waals surface area contributed by atoms with Gasteiger partial charge in [0, 0.05) is 31.9 Å². The topological polar surface area (TPSA) is 99.1 Å². The molecular weight excluding hydrogens is 224 g/mol. The first kappa shape index (κ1) is 13.2. The summed E-state index contributed by atoms with van der Waals surface area (Å²) >= 11 is 0. The Labute approximate surface area is 97.9 Å². The van der Waals surface area contributed by atoms with Gasteiger partial charge in [-0.1, -0.05) is 0 Å². The van der Waals surface area contributed by atoms with Gasteiger partial charge in [-0.05, 0) is 6.92 Å². The monoisotopic (exact) mass is 240 g/mol. The minimum atomic E-state index is -0.519. The maximum Gasteiger partial charge on any atom is 0.331 e. The molecule has 7 nitrogen and oxygen atoms in total. The Bertz CT molecular complexity index is 503. The van der Waals surface area contributed by atoms with E-state index < -0.39 is 11.2 Å². The predicted octanol–water partition coefficient (Wildman–Crippen LogP) is -1.90. The molecule has 0 bridgehead atoms. The van der Waals surface area contributed by atoms with Gasteiger partial charge in [-0.2, -0.15) is 0 Å². The highest BCUT2D eigenvalue weighted by atomic mass is 16.2. The van der Waals surface area contributed by atoms with Crippen LogP contribution in [0.1, 0.15) is 6.92 Å². The van der Waals surface area contributed by atoms with Gasteiger partial charge in [-0.15, -0.1) is 0 Å². The van der Waals surface area contributed by atoms with Gasteiger partial charge in [0.15, 0.2) is 0 Å². The molecule has 0 unspecified atom stereocenters. The van der Waals surface area contributed by atoms with Gasteiger partial charge in [0.1, 0.15) is 6.54 Å². The summed E-state index contributed by atoms with van der Waals surface area (Å²) in [6.45, 7) is 2.53. The molecule has 17 heavy (non-hydrogen) atoms. The lowest BCUT2D eigenvalue weighted by Gasteiger charge is -2.08. The molecule has 1 heterocycles. The van der Waals surface area contributed by atoms with Crippen LogP contribution in [0.25, 0.3) is 0 Å². The zero-order chi connectivity index (χ0) is 12.8. The number of hydrogen-bond acceptors (Lipinski definition) is 4. The first-order valence-electron chi connectivity index (χ1n) is 5.37. The molecule has 0 aliphatic carbocycles. The third kappa shape index (κ3) is 3.28. The second kappa shape index (κ2) is 6.00. The van der Waals surface area contributed by atoms with E-state index >= 15 is 0 Å². The quantitative estimate of drug-likeness (QED) is 0.628. The molecule has 0 aromatic carbocycles. The van der Waals surface area contributed by atoms with E-state index in [0.717, 1.165) is 4.57 Å². The van der Waals surface area contributed by atoms with Gasteiger partial charge in [0.05, 0.1) is 0 Å². The maximum absolute atomic E-state index is 11.8. The lowest BCUT2D eigenvalue weighted by atomic mass is 10.5. The Balaban J connectivity index is 3.02. The number of likely N-dealkylation sites (N-methyl/N-ethyl adjacent to an activating group) is 1. The highest BCUT2D eigenvalue weighted by molar-refractivity contribution is 5.75. The van der Waals surface area contributed by atoms with Crippen LogP contribution in [0.15, 0.2) is 21.9 Å². The Morgan fingerprint density at radius 3 is 2.76 bits per heavy atom. The zero-order valence-corrected chi connectivity index (χ0v) is 9.68. The molecule has 7 heteroatoms. The second-order valence-corrected chi connectivity index (χ2v) is 3.46. The van der Waals surface area contributed by atoms with Crippen LogP contribution >= 0.6 is 0 Å². The molecule has 1 amide bonds. The molecule has 0 atom stereocenters. The molecule has 0 saturated carbocycles. The van der Waals surface area contributed by atoms with Gasteiger partial charge < -0.3 is 11.1 Å². The fourth-order valence-electron chi connectivity index (χ4n) is 1.42. The smallest absolute Gasteiger partial charge is 0.331 e. The average molecular weight is 240 g/mol. The van der Waals surface area contributed by atoms with Crippen LogP contribution in [0.3, 0.4) is 0 Å². The first-order chi connectivity index (χ1) is 8.10. The Hall–Kier alpha value is -1.89. The van der Waals surface area contributed by atoms with Crippen LogP contribution in [0.4, 0.5) is 0 Å². The number of nitrogens with one attached hydrogen (secondary N) is 1. The summed E-state index contributed by atoms with van der Waals surface area (Å²) < 4.78 is 2.20. The van der Waals surface area contributed by atoms with Crippen LogP contribution in [-0.2, 0) is 17.9 Å². The molecule has 94 valence electrons. The number of amides is 1. The van der Waals surface area contributed by atoms with Crippen molar-refractivity contribution in [2.75, 3.05) is 13.1 Å². The highest BCUT2D eigenvalue weighted by Gasteiger charge is 2.07. The van der Waals surface area contributed by atoms with Gasteiger partial charge in [-0.25, -0.2) is 4.79 Å². The van der Waals surface area contributed by atoms with Crippen LogP contribution in [0.2, 0.25) is 0 Å². The molecule has 1 aromatic heterocycles. The van der Waals surface area contributed by atoms with Gasteiger partial charge in [-0.3, -0.25) is 18.7 Å². The van der Waals surface area contributed by atoms with Crippen LogP contribution in [0.5, 0.6) is 0 Å². The second-order valence-electron chi connectivity index (χ2n) is 3.46. The summed E-state index contributed by atoms with van der Waals surface area (Å²) in [5.74, 6) is -0.271. The molecule has 0 aliphatic heterocycles. The van der Waals surface area contributed by atoms with E-state index in [1.165, 1.54) is 16.8 Å². The molecule has 0 aliphatic rings. The van der Waals surface area contributed by atoms with Crippen molar-refractivity contribution in [1.29, 1.82) is 0 Å². The Morgan fingerprint density at radius 1 is 1.47 bits per heavy atom. The number of rotatable bonds is 5. The van der Waals surface area contributed by atoms with Crippen molar-refractivity contribution in [2.45, 2.75) is 20.0 Å². The molecule has 0 radical (unpaired) electrons. The zero-order valence-electron chi connectivity index (χ0n) is 9.68. The fourth-order valence-corrected chi connectivity index (χ4v) is 1.42. The van der Waals surface area contributed by atoms with Crippen molar-refractivity contribution in [3.63, 3.8) is 0 Å². The van der Waals surface area contributed by atoms with E-state index in [-0.39, 0.29) is 25.5 Å². The van der Waals surface area contributed by atoms with Crippen LogP contribution in [0, 0.1) is 0 Å². The number of carbonyl (C=O) groups is 1. The third-order valence-corrected chi connectivity index (χ3v) is 2.18. The lowest BCUT2D eigenvalue weighted by molar-refractivity contribution is -0.121. The minimum absolute atomic E-state index is 0.0997. The Morgan fingerprint density at radius 2 is 2.18 bits per heavy atom. The number of nitrogens with zero attached hydrogens (tertiary/aromatic N) is 2. The molecule has 0 fully saturated rings. The number of hydrogen-bond donors (Lipinski definition) is 2. The molecular formula is C10H16N4O3. The highest BCUT2D eigenvalue weighted by Crippen LogP contribution is 1.80. The number of aromatic nitrogens is 2. The average Bonchev–Trinajstić information content (AvgIpc) is 2.29. The number of nitrogens with two attached hydrogens (primary N) is 1. The molecule has 1 aromatic rings. The van der Waals surface area contributed by atoms with Crippen LogP contribution in [-0.4, -0.2) is 28.1 Å². The van der Waals surface area contributed by atoms with Crippen molar-refractivity contribution in [3.8, 4) is 0 Å².